The van der Waals surface area contributed by atoms with E-state index in [1.807, 2.05) is 0 Å². The van der Waals surface area contributed by atoms with Gasteiger partial charge in [0.25, 0.3) is 0 Å². The molecule has 4 nitrogen and oxygen atoms in total. The van der Waals surface area contributed by atoms with Crippen molar-refractivity contribution in [2.75, 3.05) is 0 Å². The highest BCUT2D eigenvalue weighted by Gasteiger charge is 2.20. The van der Waals surface area contributed by atoms with E-state index in [4.69, 9.17) is 4.74 Å². The number of carboxylic acid groups (broad SMARTS) is 1. The maximum absolute atomic E-state index is 12.8. The van der Waals surface area contributed by atoms with Crippen LogP contribution in [-0.4, -0.2) is 23.1 Å². The zero-order chi connectivity index (χ0) is 24.9. The third-order valence-electron chi connectivity index (χ3n) is 6.66. The van der Waals surface area contributed by atoms with Crippen molar-refractivity contribution >= 4 is 11.9 Å². The number of carbonyl (C=O) groups is 2. The monoisotopic (exact) mass is 474 g/mol. The molecule has 0 radical (unpaired) electrons. The number of carboxylic acids is 1. The molecule has 1 atom stereocenters. The minimum absolute atomic E-state index is 0.0144. The molecule has 0 bridgehead atoms. The van der Waals surface area contributed by atoms with Crippen molar-refractivity contribution in [2.45, 2.75) is 142 Å². The molecule has 0 aliphatic carbocycles. The standard InChI is InChI=1S/C30H50O4/c1-3-5-7-9-11-12-13-14-15-17-19-23-26(22-18-16-10-8-6-4-2)34-30(33)28-25-21-20-24-27(28)29(31)32/h20-21,24-26H,3-19,22-23H2,1-2H3,(H,31,32). The SMILES string of the molecule is CCCCCCCCCCCCCC(CCCCCCCC)OC(=O)c1ccccc1C(=O)O. The maximum atomic E-state index is 12.8. The third-order valence-corrected chi connectivity index (χ3v) is 6.66. The second-order valence-electron chi connectivity index (χ2n) is 9.76. The second-order valence-corrected chi connectivity index (χ2v) is 9.76. The van der Waals surface area contributed by atoms with Crippen LogP contribution in [0.5, 0.6) is 0 Å². The fourth-order valence-electron chi connectivity index (χ4n) is 4.51. The van der Waals surface area contributed by atoms with Crippen molar-refractivity contribution in [1.29, 1.82) is 0 Å². The summed E-state index contributed by atoms with van der Waals surface area (Å²) in [5.41, 5.74) is 0.169. The van der Waals surface area contributed by atoms with Crippen LogP contribution in [-0.2, 0) is 4.74 Å². The molecule has 194 valence electrons. The predicted molar refractivity (Wildman–Crippen MR) is 142 cm³/mol. The molecular weight excluding hydrogens is 424 g/mol. The first-order chi connectivity index (χ1) is 16.6. The number of ether oxygens (including phenoxy) is 1. The first-order valence-corrected chi connectivity index (χ1v) is 14.1. The van der Waals surface area contributed by atoms with Crippen LogP contribution >= 0.6 is 0 Å². The number of hydrogen-bond donors (Lipinski definition) is 1. The number of rotatable bonds is 22. The summed E-state index contributed by atoms with van der Waals surface area (Å²) in [5.74, 6) is -1.59. The van der Waals surface area contributed by atoms with E-state index < -0.39 is 11.9 Å². The molecule has 0 aliphatic heterocycles. The number of aromatic carboxylic acids is 1. The molecule has 0 amide bonds. The zero-order valence-corrected chi connectivity index (χ0v) is 22.0. The largest absolute Gasteiger partial charge is 0.478 e. The van der Waals surface area contributed by atoms with Crippen LogP contribution in [0.3, 0.4) is 0 Å². The normalized spacial score (nSPS) is 11.9. The fraction of sp³-hybridized carbons (Fsp3) is 0.733. The Labute approximate surface area is 208 Å². The van der Waals surface area contributed by atoms with Gasteiger partial charge in [-0.25, -0.2) is 9.59 Å². The summed E-state index contributed by atoms with van der Waals surface area (Å²) >= 11 is 0. The molecule has 0 heterocycles. The summed E-state index contributed by atoms with van der Waals surface area (Å²) in [6, 6.07) is 6.34. The van der Waals surface area contributed by atoms with E-state index in [1.54, 1.807) is 18.2 Å². The lowest BCUT2D eigenvalue weighted by Crippen LogP contribution is -2.20. The molecule has 0 saturated heterocycles. The van der Waals surface area contributed by atoms with Crippen LogP contribution in [0.1, 0.15) is 157 Å². The lowest BCUT2D eigenvalue weighted by Gasteiger charge is -2.19. The lowest BCUT2D eigenvalue weighted by atomic mass is 10.0. The molecular formula is C30H50O4. The van der Waals surface area contributed by atoms with Gasteiger partial charge in [0.05, 0.1) is 11.1 Å². The Morgan fingerprint density at radius 2 is 1.03 bits per heavy atom. The summed E-state index contributed by atoms with van der Waals surface area (Å²) in [6.07, 6.45) is 23.1. The van der Waals surface area contributed by atoms with Gasteiger partial charge in [-0.2, -0.15) is 0 Å². The summed E-state index contributed by atoms with van der Waals surface area (Å²) in [5, 5.41) is 9.40. The van der Waals surface area contributed by atoms with Crippen molar-refractivity contribution in [3.8, 4) is 0 Å². The number of carbonyl (C=O) groups excluding carboxylic acids is 1. The molecule has 0 spiro atoms. The summed E-state index contributed by atoms with van der Waals surface area (Å²) in [6.45, 7) is 4.48. The Balaban J connectivity index is 2.41. The summed E-state index contributed by atoms with van der Waals surface area (Å²) in [7, 11) is 0. The predicted octanol–water partition coefficient (Wildman–Crippen LogP) is 9.36. The number of hydrogen-bond acceptors (Lipinski definition) is 3. The van der Waals surface area contributed by atoms with Crippen molar-refractivity contribution in [2.24, 2.45) is 0 Å². The highest BCUT2D eigenvalue weighted by atomic mass is 16.5. The molecule has 0 fully saturated rings. The van der Waals surface area contributed by atoms with Crippen LogP contribution in [0.4, 0.5) is 0 Å². The topological polar surface area (TPSA) is 63.6 Å². The Morgan fingerprint density at radius 1 is 0.647 bits per heavy atom. The Morgan fingerprint density at radius 3 is 1.44 bits per heavy atom. The summed E-state index contributed by atoms with van der Waals surface area (Å²) < 4.78 is 5.84. The third kappa shape index (κ3) is 14.4. The average Bonchev–Trinajstić information content (AvgIpc) is 2.84. The van der Waals surface area contributed by atoms with Crippen LogP contribution < -0.4 is 0 Å². The van der Waals surface area contributed by atoms with E-state index in [0.29, 0.717) is 0 Å². The quantitative estimate of drug-likeness (QED) is 0.134. The van der Waals surface area contributed by atoms with Crippen molar-refractivity contribution in [1.82, 2.24) is 0 Å². The molecule has 4 heteroatoms. The maximum Gasteiger partial charge on any atom is 0.339 e. The number of esters is 1. The van der Waals surface area contributed by atoms with Crippen LogP contribution in [0.2, 0.25) is 0 Å². The minimum Gasteiger partial charge on any atom is -0.478 e. The van der Waals surface area contributed by atoms with Crippen LogP contribution in [0, 0.1) is 0 Å². The van der Waals surface area contributed by atoms with Crippen molar-refractivity contribution < 1.29 is 19.4 Å². The zero-order valence-electron chi connectivity index (χ0n) is 22.0. The highest BCUT2D eigenvalue weighted by molar-refractivity contribution is 6.02. The van der Waals surface area contributed by atoms with E-state index >= 15 is 0 Å². The van der Waals surface area contributed by atoms with Gasteiger partial charge in [-0.15, -0.1) is 0 Å². The molecule has 1 unspecified atom stereocenters. The van der Waals surface area contributed by atoms with Crippen molar-refractivity contribution in [3.63, 3.8) is 0 Å². The van der Waals surface area contributed by atoms with E-state index in [9.17, 15) is 14.7 Å². The lowest BCUT2D eigenvalue weighted by molar-refractivity contribution is 0.0244. The van der Waals surface area contributed by atoms with E-state index in [1.165, 1.54) is 96.0 Å². The van der Waals surface area contributed by atoms with Gasteiger partial charge in [-0.3, -0.25) is 0 Å². The number of benzene rings is 1. The van der Waals surface area contributed by atoms with Gasteiger partial charge in [0.2, 0.25) is 0 Å². The molecule has 34 heavy (non-hydrogen) atoms. The minimum atomic E-state index is -1.09. The van der Waals surface area contributed by atoms with Gasteiger partial charge in [-0.1, -0.05) is 122 Å². The van der Waals surface area contributed by atoms with E-state index in [-0.39, 0.29) is 17.2 Å². The molecule has 0 aliphatic rings. The van der Waals surface area contributed by atoms with Gasteiger partial charge in [0.1, 0.15) is 6.10 Å². The Kier molecular flexibility index (Phi) is 18.2. The fourth-order valence-corrected chi connectivity index (χ4v) is 4.51. The van der Waals surface area contributed by atoms with Gasteiger partial charge in [0, 0.05) is 0 Å². The first kappa shape index (κ1) is 30.2. The smallest absolute Gasteiger partial charge is 0.339 e. The van der Waals surface area contributed by atoms with Crippen LogP contribution in [0.25, 0.3) is 0 Å². The first-order valence-electron chi connectivity index (χ1n) is 14.1. The molecule has 1 rings (SSSR count). The molecule has 0 saturated carbocycles. The van der Waals surface area contributed by atoms with E-state index in [2.05, 4.69) is 13.8 Å². The van der Waals surface area contributed by atoms with Gasteiger partial charge in [-0.05, 0) is 37.8 Å². The molecule has 1 aromatic rings. The van der Waals surface area contributed by atoms with Crippen LogP contribution in [0.15, 0.2) is 24.3 Å². The van der Waals surface area contributed by atoms with Crippen molar-refractivity contribution in [3.05, 3.63) is 35.4 Å². The highest BCUT2D eigenvalue weighted by Crippen LogP contribution is 2.20. The molecule has 0 aromatic heterocycles. The summed E-state index contributed by atoms with van der Waals surface area (Å²) in [4.78, 5) is 24.3. The second kappa shape index (κ2) is 20.5. The molecule has 1 aromatic carbocycles. The Bertz CT molecular complexity index is 655. The van der Waals surface area contributed by atoms with E-state index in [0.717, 1.165) is 32.1 Å². The molecule has 1 N–H and O–H groups in total. The Hall–Kier alpha value is -1.84. The van der Waals surface area contributed by atoms with Gasteiger partial charge in [0.15, 0.2) is 0 Å². The average molecular weight is 475 g/mol. The van der Waals surface area contributed by atoms with Gasteiger partial charge >= 0.3 is 11.9 Å². The van der Waals surface area contributed by atoms with Gasteiger partial charge < -0.3 is 9.84 Å². The number of unbranched alkanes of at least 4 members (excludes halogenated alkanes) is 15.